The van der Waals surface area contributed by atoms with Crippen molar-refractivity contribution in [2.45, 2.75) is 0 Å². The Morgan fingerprint density at radius 2 is 1.93 bits per heavy atom. The lowest BCUT2D eigenvalue weighted by Gasteiger charge is -2.04. The molecule has 4 heteroatoms. The fourth-order valence-electron chi connectivity index (χ4n) is 0.953. The van der Waals surface area contributed by atoms with Crippen molar-refractivity contribution in [2.24, 2.45) is 0 Å². The third-order valence-electron chi connectivity index (χ3n) is 1.58. The van der Waals surface area contributed by atoms with Crippen molar-refractivity contribution in [3.8, 4) is 5.75 Å². The number of carbonyl (C=O) groups is 1. The van der Waals surface area contributed by atoms with Crippen LogP contribution in [0.15, 0.2) is 24.3 Å². The average molecular weight is 194 g/mol. The van der Waals surface area contributed by atoms with Gasteiger partial charge in [0.15, 0.2) is 6.61 Å². The summed E-state index contributed by atoms with van der Waals surface area (Å²) in [5, 5.41) is 2.62. The molecule has 0 aliphatic rings. The van der Waals surface area contributed by atoms with Gasteiger partial charge in [-0.2, -0.15) is 0 Å². The lowest BCUT2D eigenvalue weighted by molar-refractivity contribution is -0.116. The molecule has 0 spiro atoms. The zero-order chi connectivity index (χ0) is 10.4. The SMILES string of the molecule is CO[CH]C(=O)Nc1ccc(OC)cc1. The second kappa shape index (κ2) is 5.24. The Balaban J connectivity index is 2.55. The number of carbonyl (C=O) groups excluding carboxylic acids is 1. The molecule has 0 unspecified atom stereocenters. The summed E-state index contributed by atoms with van der Waals surface area (Å²) in [6, 6.07) is 7.03. The maximum Gasteiger partial charge on any atom is 0.256 e. The van der Waals surface area contributed by atoms with E-state index in [2.05, 4.69) is 10.1 Å². The van der Waals surface area contributed by atoms with Crippen molar-refractivity contribution in [2.75, 3.05) is 19.5 Å². The predicted molar refractivity (Wildman–Crippen MR) is 52.9 cm³/mol. The van der Waals surface area contributed by atoms with Crippen LogP contribution in [0.4, 0.5) is 5.69 Å². The largest absolute Gasteiger partial charge is 0.497 e. The van der Waals surface area contributed by atoms with Crippen LogP contribution in [0, 0.1) is 6.61 Å². The second-order valence-corrected chi connectivity index (χ2v) is 2.57. The number of amides is 1. The van der Waals surface area contributed by atoms with E-state index in [0.29, 0.717) is 5.69 Å². The summed E-state index contributed by atoms with van der Waals surface area (Å²) < 4.78 is 9.54. The number of hydrogen-bond donors (Lipinski definition) is 1. The van der Waals surface area contributed by atoms with Crippen molar-refractivity contribution in [1.82, 2.24) is 0 Å². The fourth-order valence-corrected chi connectivity index (χ4v) is 0.953. The van der Waals surface area contributed by atoms with Gasteiger partial charge in [0.25, 0.3) is 5.91 Å². The number of benzene rings is 1. The van der Waals surface area contributed by atoms with E-state index in [0.717, 1.165) is 12.4 Å². The van der Waals surface area contributed by atoms with Crippen molar-refractivity contribution in [1.29, 1.82) is 0 Å². The van der Waals surface area contributed by atoms with Gasteiger partial charge in [-0.1, -0.05) is 0 Å². The summed E-state index contributed by atoms with van der Waals surface area (Å²) in [5.41, 5.74) is 0.698. The van der Waals surface area contributed by atoms with Crippen LogP contribution in [0.2, 0.25) is 0 Å². The van der Waals surface area contributed by atoms with Crippen LogP contribution >= 0.6 is 0 Å². The maximum atomic E-state index is 11.0. The summed E-state index contributed by atoms with van der Waals surface area (Å²) in [6.45, 7) is 1.10. The molecule has 14 heavy (non-hydrogen) atoms. The van der Waals surface area contributed by atoms with E-state index >= 15 is 0 Å². The number of ether oxygens (including phenoxy) is 2. The summed E-state index contributed by atoms with van der Waals surface area (Å²) in [4.78, 5) is 11.0. The molecular weight excluding hydrogens is 182 g/mol. The van der Waals surface area contributed by atoms with Crippen LogP contribution in [0.3, 0.4) is 0 Å². The average Bonchev–Trinajstić information content (AvgIpc) is 2.19. The topological polar surface area (TPSA) is 47.6 Å². The fraction of sp³-hybridized carbons (Fsp3) is 0.200. The lowest BCUT2D eigenvalue weighted by atomic mass is 10.3. The first-order valence-corrected chi connectivity index (χ1v) is 4.07. The van der Waals surface area contributed by atoms with Crippen LogP contribution in [-0.4, -0.2) is 20.1 Å². The molecule has 1 radical (unpaired) electrons. The van der Waals surface area contributed by atoms with Crippen LogP contribution in [0.25, 0.3) is 0 Å². The van der Waals surface area contributed by atoms with Gasteiger partial charge in [-0.05, 0) is 24.3 Å². The molecule has 0 fully saturated rings. The highest BCUT2D eigenvalue weighted by Crippen LogP contribution is 2.14. The van der Waals surface area contributed by atoms with Gasteiger partial charge in [-0.15, -0.1) is 0 Å². The Hall–Kier alpha value is -1.55. The van der Waals surface area contributed by atoms with Crippen LogP contribution in [0.5, 0.6) is 5.75 Å². The molecular formula is C10H12NO3. The minimum absolute atomic E-state index is 0.294. The summed E-state index contributed by atoms with van der Waals surface area (Å²) in [7, 11) is 3.01. The molecule has 1 aromatic carbocycles. The number of rotatable bonds is 4. The molecule has 1 amide bonds. The first-order valence-electron chi connectivity index (χ1n) is 4.07. The highest BCUT2D eigenvalue weighted by atomic mass is 16.5. The monoisotopic (exact) mass is 194 g/mol. The van der Waals surface area contributed by atoms with Crippen molar-refractivity contribution in [3.63, 3.8) is 0 Å². The summed E-state index contributed by atoms with van der Waals surface area (Å²) in [6.07, 6.45) is 0. The minimum Gasteiger partial charge on any atom is -0.497 e. The molecule has 0 aliphatic heterocycles. The number of methoxy groups -OCH3 is 2. The first kappa shape index (κ1) is 10.5. The Morgan fingerprint density at radius 3 is 2.43 bits per heavy atom. The van der Waals surface area contributed by atoms with E-state index in [1.807, 2.05) is 0 Å². The van der Waals surface area contributed by atoms with Gasteiger partial charge in [0.05, 0.1) is 7.11 Å². The normalized spacial score (nSPS) is 9.57. The van der Waals surface area contributed by atoms with Gasteiger partial charge in [-0.3, -0.25) is 4.79 Å². The smallest absolute Gasteiger partial charge is 0.256 e. The van der Waals surface area contributed by atoms with Crippen molar-refractivity contribution < 1.29 is 14.3 Å². The molecule has 0 atom stereocenters. The Labute approximate surface area is 82.8 Å². The minimum atomic E-state index is -0.294. The number of hydrogen-bond acceptors (Lipinski definition) is 3. The molecule has 0 aromatic heterocycles. The van der Waals surface area contributed by atoms with E-state index in [9.17, 15) is 4.79 Å². The van der Waals surface area contributed by atoms with Crippen LogP contribution in [-0.2, 0) is 9.53 Å². The van der Waals surface area contributed by atoms with Gasteiger partial charge >= 0.3 is 0 Å². The Bertz CT molecular complexity index is 295. The van der Waals surface area contributed by atoms with E-state index in [4.69, 9.17) is 4.74 Å². The van der Waals surface area contributed by atoms with E-state index < -0.39 is 0 Å². The Kier molecular flexibility index (Phi) is 3.94. The highest BCUT2D eigenvalue weighted by molar-refractivity contribution is 5.95. The maximum absolute atomic E-state index is 11.0. The molecule has 0 bridgehead atoms. The lowest BCUT2D eigenvalue weighted by Crippen LogP contribution is -2.12. The summed E-state index contributed by atoms with van der Waals surface area (Å²) in [5.74, 6) is 0.455. The van der Waals surface area contributed by atoms with Crippen molar-refractivity contribution >= 4 is 11.6 Å². The van der Waals surface area contributed by atoms with Gasteiger partial charge in [0.2, 0.25) is 0 Å². The third kappa shape index (κ3) is 3.06. The molecule has 1 N–H and O–H groups in total. The molecule has 75 valence electrons. The second-order valence-electron chi connectivity index (χ2n) is 2.57. The van der Waals surface area contributed by atoms with Crippen LogP contribution < -0.4 is 10.1 Å². The van der Waals surface area contributed by atoms with E-state index in [1.165, 1.54) is 7.11 Å². The van der Waals surface area contributed by atoms with Gasteiger partial charge in [0, 0.05) is 12.8 Å². The van der Waals surface area contributed by atoms with Crippen molar-refractivity contribution in [3.05, 3.63) is 30.9 Å². The number of nitrogens with one attached hydrogen (secondary N) is 1. The zero-order valence-corrected chi connectivity index (χ0v) is 8.11. The molecule has 0 saturated carbocycles. The molecule has 0 saturated heterocycles. The van der Waals surface area contributed by atoms with Crippen LogP contribution in [0.1, 0.15) is 0 Å². The first-order chi connectivity index (χ1) is 6.76. The van der Waals surface area contributed by atoms with Gasteiger partial charge in [-0.25, -0.2) is 0 Å². The standard InChI is InChI=1S/C10H12NO3/c1-13-7-10(12)11-8-3-5-9(14-2)6-4-8/h3-7H,1-2H3,(H,11,12). The molecule has 0 heterocycles. The Morgan fingerprint density at radius 1 is 1.29 bits per heavy atom. The summed E-state index contributed by atoms with van der Waals surface area (Å²) >= 11 is 0. The molecule has 1 rings (SSSR count). The molecule has 0 aliphatic carbocycles. The highest BCUT2D eigenvalue weighted by Gasteiger charge is 2.01. The van der Waals surface area contributed by atoms with Gasteiger partial charge < -0.3 is 14.8 Å². The quantitative estimate of drug-likeness (QED) is 0.789. The third-order valence-corrected chi connectivity index (χ3v) is 1.58. The van der Waals surface area contributed by atoms with Gasteiger partial charge in [0.1, 0.15) is 5.75 Å². The number of anilines is 1. The molecule has 1 aromatic rings. The zero-order valence-electron chi connectivity index (χ0n) is 8.11. The predicted octanol–water partition coefficient (Wildman–Crippen LogP) is 1.44. The van der Waals surface area contributed by atoms with E-state index in [-0.39, 0.29) is 5.91 Å². The van der Waals surface area contributed by atoms with E-state index in [1.54, 1.807) is 31.4 Å². The molecule has 4 nitrogen and oxygen atoms in total.